The summed E-state index contributed by atoms with van der Waals surface area (Å²) >= 11 is 3.26. The zero-order chi connectivity index (χ0) is 15.6. The number of amides is 1. The summed E-state index contributed by atoms with van der Waals surface area (Å²) in [4.78, 5) is 12.2. The molecule has 4 nitrogen and oxygen atoms in total. The van der Waals surface area contributed by atoms with Crippen molar-refractivity contribution in [1.82, 2.24) is 0 Å². The third-order valence-corrected chi connectivity index (χ3v) is 3.65. The monoisotopic (exact) mass is 347 g/mol. The third kappa shape index (κ3) is 3.20. The molecule has 21 heavy (non-hydrogen) atoms. The van der Waals surface area contributed by atoms with Gasteiger partial charge in [0.1, 0.15) is 5.82 Å². The molecule has 0 aliphatic rings. The molecule has 0 aromatic heterocycles. The fraction of sp³-hybridized carbons (Fsp3) is 0.0667. The number of anilines is 2. The van der Waals surface area contributed by atoms with E-state index >= 15 is 0 Å². The second-order valence-electron chi connectivity index (χ2n) is 4.44. The maximum Gasteiger partial charge on any atom is 0.256 e. The SMILES string of the molecule is Cc1c(F)cc(C#N)cc1NC(=O)c1cc(N)ccc1Br. The van der Waals surface area contributed by atoms with E-state index in [0.717, 1.165) is 6.07 Å². The second-order valence-corrected chi connectivity index (χ2v) is 5.29. The molecule has 0 heterocycles. The predicted octanol–water partition coefficient (Wildman–Crippen LogP) is 3.60. The first kappa shape index (κ1) is 15.0. The number of nitrogen functional groups attached to an aromatic ring is 1. The van der Waals surface area contributed by atoms with E-state index in [1.165, 1.54) is 19.1 Å². The standard InChI is InChI=1S/C15H11BrFN3O/c1-8-13(17)4-9(7-18)5-14(8)20-15(21)11-6-10(19)2-3-12(11)16/h2-6H,19H2,1H3,(H,20,21). The van der Waals surface area contributed by atoms with Crippen LogP contribution in [-0.2, 0) is 0 Å². The number of nitrogens with two attached hydrogens (primary N) is 1. The normalized spacial score (nSPS) is 10.0. The van der Waals surface area contributed by atoms with Crippen molar-refractivity contribution < 1.29 is 9.18 Å². The molecule has 0 bridgehead atoms. The molecule has 2 aromatic rings. The molecule has 6 heteroatoms. The number of carbonyl (C=O) groups is 1. The Morgan fingerprint density at radius 3 is 2.76 bits per heavy atom. The van der Waals surface area contributed by atoms with E-state index in [1.54, 1.807) is 12.1 Å². The molecule has 0 fully saturated rings. The summed E-state index contributed by atoms with van der Waals surface area (Å²) in [6, 6.07) is 9.23. The molecule has 3 N–H and O–H groups in total. The number of nitrogens with zero attached hydrogens (tertiary/aromatic N) is 1. The molecule has 0 saturated carbocycles. The molecule has 0 saturated heterocycles. The van der Waals surface area contributed by atoms with Gasteiger partial charge in [-0.1, -0.05) is 0 Å². The summed E-state index contributed by atoms with van der Waals surface area (Å²) in [7, 11) is 0. The van der Waals surface area contributed by atoms with Crippen molar-refractivity contribution in [3.05, 3.63) is 57.3 Å². The van der Waals surface area contributed by atoms with Gasteiger partial charge in [0.15, 0.2) is 0 Å². The van der Waals surface area contributed by atoms with Crippen LogP contribution in [0.15, 0.2) is 34.8 Å². The zero-order valence-electron chi connectivity index (χ0n) is 11.1. The van der Waals surface area contributed by atoms with Crippen LogP contribution in [0, 0.1) is 24.1 Å². The van der Waals surface area contributed by atoms with Crippen LogP contribution in [0.1, 0.15) is 21.5 Å². The van der Waals surface area contributed by atoms with Gasteiger partial charge in [-0.3, -0.25) is 4.79 Å². The Morgan fingerprint density at radius 2 is 2.10 bits per heavy atom. The summed E-state index contributed by atoms with van der Waals surface area (Å²) in [5, 5.41) is 11.5. The highest BCUT2D eigenvalue weighted by atomic mass is 79.9. The Labute approximate surface area is 129 Å². The van der Waals surface area contributed by atoms with Crippen LogP contribution in [0.2, 0.25) is 0 Å². The van der Waals surface area contributed by atoms with Crippen LogP contribution in [0.25, 0.3) is 0 Å². The van der Waals surface area contributed by atoms with E-state index in [4.69, 9.17) is 11.0 Å². The molecule has 0 spiro atoms. The molecule has 0 aliphatic carbocycles. The zero-order valence-corrected chi connectivity index (χ0v) is 12.7. The van der Waals surface area contributed by atoms with E-state index in [0.29, 0.717) is 15.7 Å². The van der Waals surface area contributed by atoms with Crippen molar-refractivity contribution in [2.45, 2.75) is 6.92 Å². The Balaban J connectivity index is 2.38. The summed E-state index contributed by atoms with van der Waals surface area (Å²) in [5.74, 6) is -0.984. The summed E-state index contributed by atoms with van der Waals surface area (Å²) in [6.07, 6.45) is 0. The van der Waals surface area contributed by atoms with Gasteiger partial charge in [0, 0.05) is 21.4 Å². The second kappa shape index (κ2) is 5.94. The molecular weight excluding hydrogens is 337 g/mol. The number of hydrogen-bond acceptors (Lipinski definition) is 3. The lowest BCUT2D eigenvalue weighted by Crippen LogP contribution is -2.14. The third-order valence-electron chi connectivity index (χ3n) is 2.96. The first-order valence-corrected chi connectivity index (χ1v) is 6.78. The van der Waals surface area contributed by atoms with E-state index in [9.17, 15) is 9.18 Å². The number of rotatable bonds is 2. The minimum Gasteiger partial charge on any atom is -0.399 e. The molecule has 106 valence electrons. The maximum atomic E-state index is 13.7. The Bertz CT molecular complexity index is 768. The molecule has 2 rings (SSSR count). The van der Waals surface area contributed by atoms with Crippen LogP contribution in [0.5, 0.6) is 0 Å². The number of benzene rings is 2. The van der Waals surface area contributed by atoms with Crippen molar-refractivity contribution >= 4 is 33.2 Å². The Hall–Kier alpha value is -2.39. The first-order valence-electron chi connectivity index (χ1n) is 5.99. The topological polar surface area (TPSA) is 78.9 Å². The Morgan fingerprint density at radius 1 is 1.38 bits per heavy atom. The largest absolute Gasteiger partial charge is 0.399 e. The fourth-order valence-corrected chi connectivity index (χ4v) is 2.21. The van der Waals surface area contributed by atoms with Gasteiger partial charge in [-0.2, -0.15) is 5.26 Å². The van der Waals surface area contributed by atoms with E-state index < -0.39 is 11.7 Å². The van der Waals surface area contributed by atoms with Gasteiger partial charge in [0.05, 0.1) is 17.2 Å². The molecular formula is C15H11BrFN3O. The number of nitriles is 1. The highest BCUT2D eigenvalue weighted by Gasteiger charge is 2.14. The average molecular weight is 348 g/mol. The maximum absolute atomic E-state index is 13.7. The van der Waals surface area contributed by atoms with Gasteiger partial charge >= 0.3 is 0 Å². The highest BCUT2D eigenvalue weighted by molar-refractivity contribution is 9.10. The predicted molar refractivity (Wildman–Crippen MR) is 82.4 cm³/mol. The number of halogens is 2. The number of hydrogen-bond donors (Lipinski definition) is 2. The van der Waals surface area contributed by atoms with Gasteiger partial charge in [-0.25, -0.2) is 4.39 Å². The van der Waals surface area contributed by atoms with Crippen molar-refractivity contribution in [3.8, 4) is 6.07 Å². The molecule has 0 unspecified atom stereocenters. The van der Waals surface area contributed by atoms with Crippen molar-refractivity contribution in [1.29, 1.82) is 5.26 Å². The number of carbonyl (C=O) groups excluding carboxylic acids is 1. The minimum absolute atomic E-state index is 0.139. The summed E-state index contributed by atoms with van der Waals surface area (Å²) in [6.45, 7) is 1.53. The lowest BCUT2D eigenvalue weighted by Gasteiger charge is -2.11. The fourth-order valence-electron chi connectivity index (χ4n) is 1.78. The minimum atomic E-state index is -0.545. The van der Waals surface area contributed by atoms with Gasteiger partial charge in [0.2, 0.25) is 0 Å². The van der Waals surface area contributed by atoms with Crippen LogP contribution in [-0.4, -0.2) is 5.91 Å². The van der Waals surface area contributed by atoms with E-state index in [-0.39, 0.29) is 16.8 Å². The lowest BCUT2D eigenvalue weighted by atomic mass is 10.1. The van der Waals surface area contributed by atoms with Crippen LogP contribution >= 0.6 is 15.9 Å². The van der Waals surface area contributed by atoms with Crippen molar-refractivity contribution in [3.63, 3.8) is 0 Å². The molecule has 0 atom stereocenters. The van der Waals surface area contributed by atoms with Gasteiger partial charge < -0.3 is 11.1 Å². The Kier molecular flexibility index (Phi) is 4.24. The first-order chi connectivity index (χ1) is 9.92. The summed E-state index contributed by atoms with van der Waals surface area (Å²) in [5.41, 5.74) is 7.09. The molecule has 2 aromatic carbocycles. The van der Waals surface area contributed by atoms with E-state index in [1.807, 2.05) is 6.07 Å². The number of nitrogens with one attached hydrogen (secondary N) is 1. The molecule has 1 amide bonds. The lowest BCUT2D eigenvalue weighted by molar-refractivity contribution is 0.102. The average Bonchev–Trinajstić information content (AvgIpc) is 2.46. The summed E-state index contributed by atoms with van der Waals surface area (Å²) < 4.78 is 14.3. The van der Waals surface area contributed by atoms with Crippen molar-refractivity contribution in [2.24, 2.45) is 0 Å². The van der Waals surface area contributed by atoms with Crippen molar-refractivity contribution in [2.75, 3.05) is 11.1 Å². The van der Waals surface area contributed by atoms with Crippen LogP contribution < -0.4 is 11.1 Å². The molecule has 0 radical (unpaired) electrons. The van der Waals surface area contributed by atoms with Crippen LogP contribution in [0.4, 0.5) is 15.8 Å². The molecule has 0 aliphatic heterocycles. The highest BCUT2D eigenvalue weighted by Crippen LogP contribution is 2.24. The van der Waals surface area contributed by atoms with E-state index in [2.05, 4.69) is 21.2 Å². The van der Waals surface area contributed by atoms with Gasteiger partial charge in [0.25, 0.3) is 5.91 Å². The van der Waals surface area contributed by atoms with Crippen LogP contribution in [0.3, 0.4) is 0 Å². The smallest absolute Gasteiger partial charge is 0.256 e. The van der Waals surface area contributed by atoms with Gasteiger partial charge in [-0.05, 0) is 53.2 Å². The van der Waals surface area contributed by atoms with Gasteiger partial charge in [-0.15, -0.1) is 0 Å². The quantitative estimate of drug-likeness (QED) is 0.814.